The van der Waals surface area contributed by atoms with Crippen LogP contribution >= 0.6 is 0 Å². The van der Waals surface area contributed by atoms with E-state index in [4.69, 9.17) is 9.47 Å². The first-order valence-corrected chi connectivity index (χ1v) is 9.94. The number of carbonyl (C=O) groups is 3. The zero-order valence-electron chi connectivity index (χ0n) is 16.4. The topological polar surface area (TPSA) is 97.0 Å². The number of anilines is 1. The minimum Gasteiger partial charge on any atom is -0.454 e. The van der Waals surface area contributed by atoms with Crippen LogP contribution in [0.25, 0.3) is 0 Å². The Hall–Kier alpha value is -3.55. The van der Waals surface area contributed by atoms with Gasteiger partial charge < -0.3 is 20.1 Å². The van der Waals surface area contributed by atoms with Crippen LogP contribution in [0.3, 0.4) is 0 Å². The molecule has 2 aliphatic heterocycles. The first-order valence-electron chi connectivity index (χ1n) is 9.94. The van der Waals surface area contributed by atoms with Gasteiger partial charge in [0.05, 0.1) is 0 Å². The zero-order chi connectivity index (χ0) is 20.9. The lowest BCUT2D eigenvalue weighted by Crippen LogP contribution is -2.49. The van der Waals surface area contributed by atoms with Gasteiger partial charge in [0.15, 0.2) is 11.5 Å². The number of hydrogen-bond donors (Lipinski definition) is 2. The molecule has 0 saturated carbocycles. The lowest BCUT2D eigenvalue weighted by Gasteiger charge is -2.33. The van der Waals surface area contributed by atoms with Gasteiger partial charge in [0.2, 0.25) is 12.7 Å². The molecule has 30 heavy (non-hydrogen) atoms. The smallest absolute Gasteiger partial charge is 0.326 e. The number of hydrogen-bond acceptors (Lipinski definition) is 5. The quantitative estimate of drug-likeness (QED) is 0.762. The Labute approximate surface area is 173 Å². The van der Waals surface area contributed by atoms with Crippen LogP contribution in [0.15, 0.2) is 42.5 Å². The normalized spacial score (nSPS) is 22.6. The van der Waals surface area contributed by atoms with E-state index in [-0.39, 0.29) is 12.7 Å². The fourth-order valence-electron chi connectivity index (χ4n) is 4.47. The maximum atomic E-state index is 13.4. The number of urea groups is 1. The molecule has 4 amide bonds. The van der Waals surface area contributed by atoms with Gasteiger partial charge in [0, 0.05) is 11.8 Å². The van der Waals surface area contributed by atoms with Gasteiger partial charge >= 0.3 is 6.03 Å². The van der Waals surface area contributed by atoms with Crippen molar-refractivity contribution in [3.63, 3.8) is 0 Å². The summed E-state index contributed by atoms with van der Waals surface area (Å²) in [6, 6.07) is 11.2. The lowest BCUT2D eigenvalue weighted by molar-refractivity contribution is -0.137. The van der Waals surface area contributed by atoms with Crippen LogP contribution in [0, 0.1) is 0 Å². The van der Waals surface area contributed by atoms with Crippen LogP contribution in [-0.4, -0.2) is 35.6 Å². The number of carbonyl (C=O) groups excluding carboxylic acids is 3. The summed E-state index contributed by atoms with van der Waals surface area (Å²) in [6.45, 7) is 1.68. The molecule has 2 N–H and O–H groups in total. The van der Waals surface area contributed by atoms with Crippen LogP contribution in [-0.2, 0) is 21.5 Å². The second kappa shape index (κ2) is 6.76. The van der Waals surface area contributed by atoms with Crippen LogP contribution in [0.5, 0.6) is 11.5 Å². The molecule has 8 heteroatoms. The molecule has 1 saturated heterocycles. The summed E-state index contributed by atoms with van der Waals surface area (Å²) >= 11 is 0. The molecule has 2 heterocycles. The zero-order valence-corrected chi connectivity index (χ0v) is 16.4. The highest BCUT2D eigenvalue weighted by molar-refractivity contribution is 6.11. The maximum Gasteiger partial charge on any atom is 0.326 e. The molecule has 154 valence electrons. The van der Waals surface area contributed by atoms with Gasteiger partial charge in [-0.1, -0.05) is 24.3 Å². The van der Waals surface area contributed by atoms with Crippen molar-refractivity contribution in [3.8, 4) is 11.5 Å². The minimum atomic E-state index is -1.10. The Morgan fingerprint density at radius 1 is 1.17 bits per heavy atom. The second-order valence-electron chi connectivity index (χ2n) is 7.75. The molecule has 5 rings (SSSR count). The number of imide groups is 1. The fraction of sp³-hybridized carbons (Fsp3) is 0.318. The van der Waals surface area contributed by atoms with E-state index in [1.165, 1.54) is 0 Å². The van der Waals surface area contributed by atoms with Gasteiger partial charge in [0.1, 0.15) is 11.6 Å². The summed E-state index contributed by atoms with van der Waals surface area (Å²) in [7, 11) is 0. The SMILES string of the molecule is CC(C(=O)Nc1ccc2c(c1)OCO2)N1C(=O)NC2(CCCc3ccccc32)C1=O. The monoisotopic (exact) mass is 407 g/mol. The number of benzene rings is 2. The summed E-state index contributed by atoms with van der Waals surface area (Å²) in [5, 5.41) is 5.63. The molecule has 1 spiro atoms. The predicted octanol–water partition coefficient (Wildman–Crippen LogP) is 2.53. The summed E-state index contributed by atoms with van der Waals surface area (Å²) < 4.78 is 10.6. The standard InChI is InChI=1S/C22H21N3O5/c1-13(19(26)23-15-8-9-17-18(11-15)30-12-29-17)25-20(27)22(24-21(25)28)10-4-6-14-5-2-3-7-16(14)22/h2-3,5,7-9,11,13H,4,6,10,12H2,1H3,(H,23,26)(H,24,28). The van der Waals surface area contributed by atoms with Crippen molar-refractivity contribution in [3.05, 3.63) is 53.6 Å². The summed E-state index contributed by atoms with van der Waals surface area (Å²) in [5.41, 5.74) is 1.28. The van der Waals surface area contributed by atoms with Crippen LogP contribution in [0.4, 0.5) is 10.5 Å². The highest BCUT2D eigenvalue weighted by Crippen LogP contribution is 2.40. The summed E-state index contributed by atoms with van der Waals surface area (Å²) in [6.07, 6.45) is 2.16. The van der Waals surface area contributed by atoms with Crippen LogP contribution < -0.4 is 20.1 Å². The van der Waals surface area contributed by atoms with Gasteiger partial charge in [-0.2, -0.15) is 0 Å². The Balaban J connectivity index is 1.39. The number of nitrogens with zero attached hydrogens (tertiary/aromatic N) is 1. The Kier molecular flexibility index (Phi) is 4.16. The van der Waals surface area contributed by atoms with E-state index in [1.54, 1.807) is 25.1 Å². The first-order chi connectivity index (χ1) is 14.5. The van der Waals surface area contributed by atoms with Crippen LogP contribution in [0.2, 0.25) is 0 Å². The molecular weight excluding hydrogens is 386 g/mol. The average molecular weight is 407 g/mol. The molecule has 2 unspecified atom stereocenters. The third kappa shape index (κ3) is 2.71. The minimum absolute atomic E-state index is 0.134. The summed E-state index contributed by atoms with van der Waals surface area (Å²) in [5.74, 6) is 0.299. The third-order valence-corrected chi connectivity index (χ3v) is 6.00. The second-order valence-corrected chi connectivity index (χ2v) is 7.75. The molecule has 2 atom stereocenters. The highest BCUT2D eigenvalue weighted by atomic mass is 16.7. The van der Waals surface area contributed by atoms with E-state index in [2.05, 4.69) is 10.6 Å². The van der Waals surface area contributed by atoms with Gasteiger partial charge in [0.25, 0.3) is 5.91 Å². The van der Waals surface area contributed by atoms with Gasteiger partial charge in [-0.3, -0.25) is 9.59 Å². The molecule has 0 bridgehead atoms. The van der Waals surface area contributed by atoms with Crippen molar-refractivity contribution in [2.75, 3.05) is 12.1 Å². The number of rotatable bonds is 3. The van der Waals surface area contributed by atoms with Crippen molar-refractivity contribution in [1.29, 1.82) is 0 Å². The molecular formula is C22H21N3O5. The van der Waals surface area contributed by atoms with Gasteiger partial charge in [-0.15, -0.1) is 0 Å². The lowest BCUT2D eigenvalue weighted by atomic mass is 9.76. The molecule has 3 aliphatic rings. The molecule has 1 fully saturated rings. The van der Waals surface area contributed by atoms with E-state index in [1.807, 2.05) is 24.3 Å². The maximum absolute atomic E-state index is 13.4. The van der Waals surface area contributed by atoms with E-state index in [0.717, 1.165) is 28.9 Å². The number of amides is 4. The number of fused-ring (bicyclic) bond motifs is 3. The largest absolute Gasteiger partial charge is 0.454 e. The van der Waals surface area contributed by atoms with Crippen molar-refractivity contribution in [1.82, 2.24) is 10.2 Å². The molecule has 2 aromatic carbocycles. The third-order valence-electron chi connectivity index (χ3n) is 6.00. The Bertz CT molecular complexity index is 1070. The molecule has 1 aliphatic carbocycles. The predicted molar refractivity (Wildman–Crippen MR) is 107 cm³/mol. The van der Waals surface area contributed by atoms with Gasteiger partial charge in [-0.05, 0) is 49.4 Å². The van der Waals surface area contributed by atoms with E-state index in [9.17, 15) is 14.4 Å². The Morgan fingerprint density at radius 3 is 2.83 bits per heavy atom. The molecule has 8 nitrogen and oxygen atoms in total. The first kappa shape index (κ1) is 18.5. The fourth-order valence-corrected chi connectivity index (χ4v) is 4.47. The van der Waals surface area contributed by atoms with Crippen molar-refractivity contribution < 1.29 is 23.9 Å². The summed E-state index contributed by atoms with van der Waals surface area (Å²) in [4.78, 5) is 40.1. The van der Waals surface area contributed by atoms with Crippen molar-refractivity contribution in [2.24, 2.45) is 0 Å². The van der Waals surface area contributed by atoms with E-state index in [0.29, 0.717) is 23.6 Å². The number of ether oxygens (including phenoxy) is 2. The number of nitrogens with one attached hydrogen (secondary N) is 2. The molecule has 2 aromatic rings. The molecule has 0 aromatic heterocycles. The van der Waals surface area contributed by atoms with E-state index < -0.39 is 23.5 Å². The van der Waals surface area contributed by atoms with E-state index >= 15 is 0 Å². The number of aryl methyl sites for hydroxylation is 1. The van der Waals surface area contributed by atoms with Gasteiger partial charge in [-0.25, -0.2) is 9.69 Å². The van der Waals surface area contributed by atoms with Crippen molar-refractivity contribution in [2.45, 2.75) is 37.8 Å². The average Bonchev–Trinajstić information content (AvgIpc) is 3.30. The molecule has 0 radical (unpaired) electrons. The van der Waals surface area contributed by atoms with Crippen molar-refractivity contribution >= 4 is 23.5 Å². The Morgan fingerprint density at radius 2 is 1.97 bits per heavy atom. The van der Waals surface area contributed by atoms with Crippen LogP contribution in [0.1, 0.15) is 30.9 Å². The highest BCUT2D eigenvalue weighted by Gasteiger charge is 2.55.